The Morgan fingerprint density at radius 3 is 2.85 bits per heavy atom. The second-order valence-corrected chi connectivity index (χ2v) is 7.12. The predicted octanol–water partition coefficient (Wildman–Crippen LogP) is 3.36. The summed E-state index contributed by atoms with van der Waals surface area (Å²) in [7, 11) is 0. The van der Waals surface area contributed by atoms with Crippen molar-refractivity contribution in [3.05, 3.63) is 57.8 Å². The molecule has 4 atom stereocenters. The van der Waals surface area contributed by atoms with Crippen molar-refractivity contribution in [3.8, 4) is 0 Å². The Morgan fingerprint density at radius 2 is 2.00 bits per heavy atom. The third kappa shape index (κ3) is 1.22. The first-order valence-electron chi connectivity index (χ1n) is 7.26. The highest BCUT2D eigenvalue weighted by molar-refractivity contribution is 7.10. The van der Waals surface area contributed by atoms with E-state index in [9.17, 15) is 4.79 Å². The predicted molar refractivity (Wildman–Crippen MR) is 78.7 cm³/mol. The molecule has 20 heavy (non-hydrogen) atoms. The number of rotatable bonds is 1. The fourth-order valence-corrected chi connectivity index (χ4v) is 5.57. The first kappa shape index (κ1) is 11.1. The fraction of sp³-hybridized carbons (Fsp3) is 0.353. The number of carbonyl (C=O) groups is 1. The smallest absolute Gasteiger partial charge is 0.227 e. The van der Waals surface area contributed by atoms with Crippen LogP contribution in [0.4, 0.5) is 0 Å². The summed E-state index contributed by atoms with van der Waals surface area (Å²) in [6.07, 6.45) is 1.06. The molecule has 2 bridgehead atoms. The Bertz CT molecular complexity index is 693. The van der Waals surface area contributed by atoms with Gasteiger partial charge in [-0.3, -0.25) is 4.79 Å². The van der Waals surface area contributed by atoms with E-state index in [0.29, 0.717) is 23.8 Å². The molecule has 0 N–H and O–H groups in total. The standard InChI is InChI=1S/C17H15NOS/c19-17-12-8-13-15(16(12)14-6-3-7-20-14)11-5-2-1-4-10(11)9-18(13)17/h1-7,12-13,15-16H,8-9H2. The number of piperidine rings is 1. The lowest BCUT2D eigenvalue weighted by Gasteiger charge is -2.43. The van der Waals surface area contributed by atoms with E-state index >= 15 is 0 Å². The number of hydrogen-bond acceptors (Lipinski definition) is 2. The van der Waals surface area contributed by atoms with Crippen LogP contribution < -0.4 is 0 Å². The normalized spacial score (nSPS) is 33.6. The second-order valence-electron chi connectivity index (χ2n) is 6.14. The van der Waals surface area contributed by atoms with Gasteiger partial charge in [0.2, 0.25) is 5.91 Å². The number of thiophene rings is 1. The SMILES string of the molecule is O=C1C2CC3C(c4ccccc4CN13)C2c1cccs1. The highest BCUT2D eigenvalue weighted by Crippen LogP contribution is 2.59. The minimum atomic E-state index is 0.219. The van der Waals surface area contributed by atoms with Gasteiger partial charge in [-0.15, -0.1) is 11.3 Å². The van der Waals surface area contributed by atoms with Crippen molar-refractivity contribution in [2.24, 2.45) is 5.92 Å². The first-order valence-corrected chi connectivity index (χ1v) is 8.14. The van der Waals surface area contributed by atoms with Crippen LogP contribution in [0, 0.1) is 5.92 Å². The summed E-state index contributed by atoms with van der Waals surface area (Å²) in [5, 5.41) is 2.14. The van der Waals surface area contributed by atoms with E-state index in [1.807, 2.05) is 11.3 Å². The van der Waals surface area contributed by atoms with Crippen molar-refractivity contribution in [1.29, 1.82) is 0 Å². The van der Waals surface area contributed by atoms with Crippen LogP contribution in [0.15, 0.2) is 41.8 Å². The van der Waals surface area contributed by atoms with E-state index < -0.39 is 0 Å². The molecule has 2 fully saturated rings. The maximum atomic E-state index is 12.6. The zero-order valence-corrected chi connectivity index (χ0v) is 11.8. The molecule has 3 heterocycles. The third-order valence-electron chi connectivity index (χ3n) is 5.36. The van der Waals surface area contributed by atoms with Crippen molar-refractivity contribution < 1.29 is 4.79 Å². The van der Waals surface area contributed by atoms with Gasteiger partial charge in [0, 0.05) is 35.2 Å². The summed E-state index contributed by atoms with van der Waals surface area (Å²) in [6, 6.07) is 13.5. The lowest BCUT2D eigenvalue weighted by molar-refractivity contribution is -0.136. The Hall–Kier alpha value is -1.61. The number of fused-ring (bicyclic) bond motifs is 3. The largest absolute Gasteiger partial charge is 0.334 e. The van der Waals surface area contributed by atoms with Crippen LogP contribution in [0.2, 0.25) is 0 Å². The van der Waals surface area contributed by atoms with Gasteiger partial charge in [-0.1, -0.05) is 30.3 Å². The summed E-state index contributed by atoms with van der Waals surface area (Å²) in [5.41, 5.74) is 2.84. The second kappa shape index (κ2) is 3.73. The van der Waals surface area contributed by atoms with Gasteiger partial charge >= 0.3 is 0 Å². The average Bonchev–Trinajstić information content (AvgIpc) is 3.17. The molecule has 100 valence electrons. The third-order valence-corrected chi connectivity index (χ3v) is 6.33. The van der Waals surface area contributed by atoms with Crippen molar-refractivity contribution >= 4 is 17.2 Å². The average molecular weight is 281 g/mol. The molecule has 1 aromatic carbocycles. The lowest BCUT2D eigenvalue weighted by atomic mass is 9.75. The number of carbonyl (C=O) groups excluding carboxylic acids is 1. The summed E-state index contributed by atoms with van der Waals surface area (Å²) in [6.45, 7) is 0.823. The van der Waals surface area contributed by atoms with E-state index in [4.69, 9.17) is 0 Å². The molecule has 3 heteroatoms. The maximum absolute atomic E-state index is 12.6. The van der Waals surface area contributed by atoms with Crippen LogP contribution in [-0.2, 0) is 11.3 Å². The Kier molecular flexibility index (Phi) is 2.07. The van der Waals surface area contributed by atoms with Crippen LogP contribution in [0.5, 0.6) is 0 Å². The molecule has 1 amide bonds. The fourth-order valence-electron chi connectivity index (χ4n) is 4.63. The molecule has 1 aliphatic carbocycles. The monoisotopic (exact) mass is 281 g/mol. The van der Waals surface area contributed by atoms with E-state index in [0.717, 1.165) is 13.0 Å². The minimum absolute atomic E-state index is 0.219. The topological polar surface area (TPSA) is 20.3 Å². The first-order chi connectivity index (χ1) is 9.84. The number of hydrogen-bond donors (Lipinski definition) is 0. The molecule has 2 nitrogen and oxygen atoms in total. The zero-order valence-electron chi connectivity index (χ0n) is 11.0. The van der Waals surface area contributed by atoms with Crippen LogP contribution >= 0.6 is 11.3 Å². The number of benzene rings is 1. The lowest BCUT2D eigenvalue weighted by Crippen LogP contribution is -2.46. The Balaban J connectivity index is 1.72. The van der Waals surface area contributed by atoms with Gasteiger partial charge in [-0.05, 0) is 29.0 Å². The summed E-state index contributed by atoms with van der Waals surface area (Å²) in [5.74, 6) is 1.53. The minimum Gasteiger partial charge on any atom is -0.334 e. The molecule has 0 spiro atoms. The van der Waals surface area contributed by atoms with Crippen molar-refractivity contribution in [2.45, 2.75) is 30.8 Å². The molecule has 3 aliphatic rings. The molecule has 1 aromatic heterocycles. The van der Waals surface area contributed by atoms with E-state index in [2.05, 4.69) is 46.7 Å². The van der Waals surface area contributed by atoms with Gasteiger partial charge in [0.05, 0.1) is 0 Å². The van der Waals surface area contributed by atoms with Crippen molar-refractivity contribution in [2.75, 3.05) is 0 Å². The molecular weight excluding hydrogens is 266 g/mol. The van der Waals surface area contributed by atoms with E-state index in [1.54, 1.807) is 0 Å². The molecule has 2 aromatic rings. The van der Waals surface area contributed by atoms with E-state index in [-0.39, 0.29) is 5.92 Å². The molecule has 5 rings (SSSR count). The zero-order chi connectivity index (χ0) is 13.3. The number of amides is 1. The van der Waals surface area contributed by atoms with Gasteiger partial charge in [-0.25, -0.2) is 0 Å². The van der Waals surface area contributed by atoms with Gasteiger partial charge in [0.15, 0.2) is 0 Å². The van der Waals surface area contributed by atoms with Gasteiger partial charge < -0.3 is 4.90 Å². The van der Waals surface area contributed by atoms with E-state index in [1.165, 1.54) is 16.0 Å². The maximum Gasteiger partial charge on any atom is 0.227 e. The molecular formula is C17H15NOS. The highest BCUT2D eigenvalue weighted by atomic mass is 32.1. The van der Waals surface area contributed by atoms with Crippen molar-refractivity contribution in [1.82, 2.24) is 4.90 Å². The van der Waals surface area contributed by atoms with Crippen LogP contribution in [0.1, 0.15) is 34.3 Å². The van der Waals surface area contributed by atoms with Gasteiger partial charge in [-0.2, -0.15) is 0 Å². The van der Waals surface area contributed by atoms with Gasteiger partial charge in [0.1, 0.15) is 0 Å². The highest BCUT2D eigenvalue weighted by Gasteiger charge is 2.59. The Morgan fingerprint density at radius 1 is 1.10 bits per heavy atom. The molecule has 1 saturated heterocycles. The summed E-state index contributed by atoms with van der Waals surface area (Å²) < 4.78 is 0. The van der Waals surface area contributed by atoms with Crippen LogP contribution in [0.3, 0.4) is 0 Å². The summed E-state index contributed by atoms with van der Waals surface area (Å²) in [4.78, 5) is 16.2. The summed E-state index contributed by atoms with van der Waals surface area (Å²) >= 11 is 1.81. The van der Waals surface area contributed by atoms with Crippen LogP contribution in [0.25, 0.3) is 0 Å². The molecule has 1 saturated carbocycles. The number of nitrogens with zero attached hydrogens (tertiary/aromatic N) is 1. The Labute approximate surface area is 122 Å². The molecule has 4 unspecified atom stereocenters. The van der Waals surface area contributed by atoms with Crippen LogP contribution in [-0.4, -0.2) is 16.8 Å². The van der Waals surface area contributed by atoms with Crippen molar-refractivity contribution in [3.63, 3.8) is 0 Å². The molecule has 2 aliphatic heterocycles. The quantitative estimate of drug-likeness (QED) is 0.785. The molecule has 0 radical (unpaired) electrons. The van der Waals surface area contributed by atoms with Gasteiger partial charge in [0.25, 0.3) is 0 Å².